The number of fused-ring (bicyclic) bond motifs is 1. The van der Waals surface area contributed by atoms with Gasteiger partial charge in [-0.2, -0.15) is 0 Å². The monoisotopic (exact) mass is 342 g/mol. The highest BCUT2D eigenvalue weighted by Crippen LogP contribution is 2.26. The molecule has 24 heavy (non-hydrogen) atoms. The van der Waals surface area contributed by atoms with Crippen molar-refractivity contribution in [3.8, 4) is 0 Å². The van der Waals surface area contributed by atoms with Gasteiger partial charge in [0.25, 0.3) is 5.56 Å². The number of aromatic nitrogens is 4. The first-order chi connectivity index (χ1) is 11.5. The Bertz CT molecular complexity index is 1000. The lowest BCUT2D eigenvalue weighted by molar-refractivity contribution is 0.727. The fourth-order valence-corrected chi connectivity index (χ4v) is 3.28. The van der Waals surface area contributed by atoms with Crippen LogP contribution in [0.15, 0.2) is 57.7 Å². The highest BCUT2D eigenvalue weighted by molar-refractivity contribution is 7.99. The van der Waals surface area contributed by atoms with Crippen LogP contribution in [0.3, 0.4) is 0 Å². The van der Waals surface area contributed by atoms with Crippen LogP contribution < -0.4 is 11.2 Å². The molecular formula is C17H18N4O2S. The molecule has 1 aromatic carbocycles. The van der Waals surface area contributed by atoms with E-state index in [4.69, 9.17) is 0 Å². The van der Waals surface area contributed by atoms with Gasteiger partial charge in [-0.15, -0.1) is 6.58 Å². The van der Waals surface area contributed by atoms with Gasteiger partial charge in [0.2, 0.25) is 0 Å². The summed E-state index contributed by atoms with van der Waals surface area (Å²) in [5.74, 6) is 0. The van der Waals surface area contributed by atoms with E-state index in [0.717, 1.165) is 5.56 Å². The number of nitrogens with one attached hydrogen (secondary N) is 1. The molecule has 0 aliphatic carbocycles. The van der Waals surface area contributed by atoms with Gasteiger partial charge in [-0.05, 0) is 12.5 Å². The van der Waals surface area contributed by atoms with E-state index in [1.54, 1.807) is 7.05 Å². The van der Waals surface area contributed by atoms with Crippen LogP contribution in [0.4, 0.5) is 0 Å². The third-order valence-corrected chi connectivity index (χ3v) is 4.87. The third kappa shape index (κ3) is 2.94. The first kappa shape index (κ1) is 16.3. The number of thioether (sulfide) groups is 1. The highest BCUT2D eigenvalue weighted by atomic mass is 32.2. The number of nitrogens with zero attached hydrogens (tertiary/aromatic N) is 3. The molecular weight excluding hydrogens is 324 g/mol. The molecule has 1 N–H and O–H groups in total. The first-order valence-corrected chi connectivity index (χ1v) is 8.42. The minimum absolute atomic E-state index is 0.132. The van der Waals surface area contributed by atoms with E-state index in [1.165, 1.54) is 16.3 Å². The van der Waals surface area contributed by atoms with Crippen LogP contribution in [-0.4, -0.2) is 24.4 Å². The first-order valence-electron chi connectivity index (χ1n) is 7.54. The van der Waals surface area contributed by atoms with Gasteiger partial charge in [-0.25, -0.2) is 9.78 Å². The van der Waals surface area contributed by atoms with Crippen LogP contribution in [0.2, 0.25) is 0 Å². The summed E-state index contributed by atoms with van der Waals surface area (Å²) in [7, 11) is 1.60. The molecule has 2 aromatic heterocycles. The van der Waals surface area contributed by atoms with E-state index >= 15 is 0 Å². The Balaban J connectivity index is 2.24. The summed E-state index contributed by atoms with van der Waals surface area (Å²) in [5.41, 5.74) is 0.955. The zero-order chi connectivity index (χ0) is 17.3. The molecule has 0 bridgehead atoms. The van der Waals surface area contributed by atoms with E-state index < -0.39 is 11.2 Å². The summed E-state index contributed by atoms with van der Waals surface area (Å²) in [4.78, 5) is 31.1. The van der Waals surface area contributed by atoms with Crippen LogP contribution in [0.1, 0.15) is 12.5 Å². The van der Waals surface area contributed by atoms with E-state index in [9.17, 15) is 9.59 Å². The maximum absolute atomic E-state index is 12.4. The highest BCUT2D eigenvalue weighted by Gasteiger charge is 2.18. The van der Waals surface area contributed by atoms with Crippen LogP contribution >= 0.6 is 11.8 Å². The second-order valence-corrected chi connectivity index (χ2v) is 6.86. The van der Waals surface area contributed by atoms with Gasteiger partial charge in [-0.3, -0.25) is 14.3 Å². The number of H-pyrrole nitrogens is 1. The van der Waals surface area contributed by atoms with E-state index in [-0.39, 0.29) is 5.25 Å². The van der Waals surface area contributed by atoms with E-state index in [0.29, 0.717) is 22.9 Å². The number of benzene rings is 1. The third-order valence-electron chi connectivity index (χ3n) is 3.78. The Morgan fingerprint density at radius 3 is 2.71 bits per heavy atom. The van der Waals surface area contributed by atoms with Gasteiger partial charge in [0.15, 0.2) is 16.3 Å². The maximum Gasteiger partial charge on any atom is 0.329 e. The molecule has 0 amide bonds. The Labute approximate surface area is 142 Å². The summed E-state index contributed by atoms with van der Waals surface area (Å²) in [6, 6.07) is 9.84. The summed E-state index contributed by atoms with van der Waals surface area (Å²) < 4.78 is 3.22. The number of aryl methyl sites for hydroxylation is 1. The van der Waals surface area contributed by atoms with Crippen LogP contribution in [-0.2, 0) is 13.6 Å². The molecule has 6 nitrogen and oxygen atoms in total. The fourth-order valence-electron chi connectivity index (χ4n) is 2.43. The Morgan fingerprint density at radius 2 is 2.04 bits per heavy atom. The van der Waals surface area contributed by atoms with Crippen molar-refractivity contribution >= 4 is 22.9 Å². The molecule has 1 atom stereocenters. The largest absolute Gasteiger partial charge is 0.329 e. The Morgan fingerprint density at radius 1 is 1.33 bits per heavy atom. The molecule has 0 unspecified atom stereocenters. The molecule has 2 heterocycles. The van der Waals surface area contributed by atoms with Crippen molar-refractivity contribution in [2.75, 3.05) is 0 Å². The van der Waals surface area contributed by atoms with Crippen molar-refractivity contribution in [3.63, 3.8) is 0 Å². The lowest BCUT2D eigenvalue weighted by Crippen LogP contribution is -2.29. The van der Waals surface area contributed by atoms with Gasteiger partial charge >= 0.3 is 5.69 Å². The smallest absolute Gasteiger partial charge is 0.309 e. The zero-order valence-corrected chi connectivity index (χ0v) is 14.3. The number of rotatable bonds is 5. The van der Waals surface area contributed by atoms with Gasteiger partial charge in [0.05, 0.1) is 6.54 Å². The van der Waals surface area contributed by atoms with Gasteiger partial charge in [0, 0.05) is 12.3 Å². The van der Waals surface area contributed by atoms with Crippen LogP contribution in [0.5, 0.6) is 0 Å². The van der Waals surface area contributed by atoms with Gasteiger partial charge < -0.3 is 4.57 Å². The summed E-state index contributed by atoms with van der Waals surface area (Å²) >= 11 is 1.50. The molecule has 0 saturated heterocycles. The summed E-state index contributed by atoms with van der Waals surface area (Å²) in [6.45, 7) is 6.30. The van der Waals surface area contributed by atoms with Crippen molar-refractivity contribution in [1.82, 2.24) is 19.1 Å². The molecule has 7 heteroatoms. The average Bonchev–Trinajstić information content (AvgIpc) is 2.92. The van der Waals surface area contributed by atoms with Crippen molar-refractivity contribution in [3.05, 3.63) is 69.4 Å². The van der Waals surface area contributed by atoms with Crippen molar-refractivity contribution in [2.45, 2.75) is 23.9 Å². The summed E-state index contributed by atoms with van der Waals surface area (Å²) in [6.07, 6.45) is 1.82. The molecule has 0 saturated carbocycles. The lowest BCUT2D eigenvalue weighted by Gasteiger charge is -2.10. The van der Waals surface area contributed by atoms with Crippen LogP contribution in [0.25, 0.3) is 11.2 Å². The number of aromatic amines is 1. The molecule has 0 fully saturated rings. The van der Waals surface area contributed by atoms with Gasteiger partial charge in [0.1, 0.15) is 0 Å². The maximum atomic E-state index is 12.4. The van der Waals surface area contributed by atoms with Crippen molar-refractivity contribution in [1.29, 1.82) is 0 Å². The summed E-state index contributed by atoms with van der Waals surface area (Å²) in [5, 5.41) is 0.820. The molecule has 0 radical (unpaired) electrons. The second-order valence-electron chi connectivity index (χ2n) is 5.52. The SMILES string of the molecule is C=C[C@@H](C)Sc1nc2c(c(=O)[nH]c(=O)n2C)n1Cc1ccccc1. The van der Waals surface area contributed by atoms with Gasteiger partial charge in [-0.1, -0.05) is 48.2 Å². The van der Waals surface area contributed by atoms with Crippen molar-refractivity contribution < 1.29 is 0 Å². The average molecular weight is 342 g/mol. The Kier molecular flexibility index (Phi) is 4.44. The number of hydrogen-bond acceptors (Lipinski definition) is 4. The molecule has 0 aliphatic rings. The molecule has 124 valence electrons. The van der Waals surface area contributed by atoms with E-state index in [2.05, 4.69) is 16.5 Å². The van der Waals surface area contributed by atoms with E-state index in [1.807, 2.05) is 47.9 Å². The standard InChI is InChI=1S/C17H18N4O2S/c1-4-11(2)24-17-18-14-13(15(22)19-16(23)20(14)3)21(17)10-12-8-6-5-7-9-12/h4-9,11H,1,10H2,2-3H3,(H,19,22,23)/t11-/m1/s1. The van der Waals surface area contributed by atoms with Crippen LogP contribution in [0, 0.1) is 0 Å². The number of imidazole rings is 1. The fraction of sp³-hybridized carbons (Fsp3) is 0.235. The molecule has 0 aliphatic heterocycles. The predicted octanol–water partition coefficient (Wildman–Crippen LogP) is 2.14. The Hall–Kier alpha value is -2.54. The lowest BCUT2D eigenvalue weighted by atomic mass is 10.2. The molecule has 0 spiro atoms. The minimum atomic E-state index is -0.467. The topological polar surface area (TPSA) is 72.7 Å². The number of hydrogen-bond donors (Lipinski definition) is 1. The second kappa shape index (κ2) is 6.52. The van der Waals surface area contributed by atoms with Crippen molar-refractivity contribution in [2.24, 2.45) is 7.05 Å². The predicted molar refractivity (Wildman–Crippen MR) is 96.7 cm³/mol. The zero-order valence-electron chi connectivity index (χ0n) is 13.5. The normalized spacial score (nSPS) is 12.4. The molecule has 3 rings (SSSR count). The molecule has 3 aromatic rings. The minimum Gasteiger partial charge on any atom is -0.309 e. The quantitative estimate of drug-likeness (QED) is 0.569.